The SMILES string of the molecule is CNCCN(C)C(=O)c1ccc(OC)cc1C. The van der Waals surface area contributed by atoms with Gasteiger partial charge in [0.2, 0.25) is 0 Å². The van der Waals surface area contributed by atoms with Gasteiger partial charge in [-0.1, -0.05) is 0 Å². The Morgan fingerprint density at radius 2 is 2.18 bits per heavy atom. The number of rotatable bonds is 5. The van der Waals surface area contributed by atoms with Gasteiger partial charge in [-0.25, -0.2) is 0 Å². The maximum absolute atomic E-state index is 12.1. The Bertz CT molecular complexity index is 391. The molecule has 0 heterocycles. The van der Waals surface area contributed by atoms with Crippen LogP contribution in [0, 0.1) is 6.92 Å². The first-order valence-corrected chi connectivity index (χ1v) is 5.65. The van der Waals surface area contributed by atoms with Crippen LogP contribution in [0.5, 0.6) is 5.75 Å². The largest absolute Gasteiger partial charge is 0.497 e. The van der Waals surface area contributed by atoms with Crippen molar-refractivity contribution in [3.05, 3.63) is 29.3 Å². The van der Waals surface area contributed by atoms with Gasteiger partial charge in [0.25, 0.3) is 5.91 Å². The molecule has 1 rings (SSSR count). The predicted octanol–water partition coefficient (Wildman–Crippen LogP) is 1.30. The maximum atomic E-state index is 12.1. The molecule has 94 valence electrons. The Labute approximate surface area is 103 Å². The summed E-state index contributed by atoms with van der Waals surface area (Å²) in [7, 11) is 5.30. The average molecular weight is 236 g/mol. The van der Waals surface area contributed by atoms with Gasteiger partial charge in [-0.15, -0.1) is 0 Å². The second-order valence-electron chi connectivity index (χ2n) is 4.01. The highest BCUT2D eigenvalue weighted by molar-refractivity contribution is 5.95. The Morgan fingerprint density at radius 1 is 1.47 bits per heavy atom. The Hall–Kier alpha value is -1.55. The minimum Gasteiger partial charge on any atom is -0.497 e. The van der Waals surface area contributed by atoms with Gasteiger partial charge >= 0.3 is 0 Å². The van der Waals surface area contributed by atoms with Gasteiger partial charge < -0.3 is 15.0 Å². The number of likely N-dealkylation sites (N-methyl/N-ethyl adjacent to an activating group) is 2. The van der Waals surface area contributed by atoms with Crippen LogP contribution < -0.4 is 10.1 Å². The lowest BCUT2D eigenvalue weighted by Gasteiger charge is -2.18. The second-order valence-corrected chi connectivity index (χ2v) is 4.01. The summed E-state index contributed by atoms with van der Waals surface area (Å²) < 4.78 is 5.12. The summed E-state index contributed by atoms with van der Waals surface area (Å²) in [5, 5.41) is 3.02. The zero-order chi connectivity index (χ0) is 12.8. The van der Waals surface area contributed by atoms with Crippen LogP contribution in [-0.4, -0.2) is 45.1 Å². The highest BCUT2D eigenvalue weighted by Gasteiger charge is 2.13. The van der Waals surface area contributed by atoms with Crippen LogP contribution in [-0.2, 0) is 0 Å². The summed E-state index contributed by atoms with van der Waals surface area (Å²) in [5.41, 5.74) is 1.66. The van der Waals surface area contributed by atoms with E-state index in [1.54, 1.807) is 12.0 Å². The predicted molar refractivity (Wildman–Crippen MR) is 68.6 cm³/mol. The van der Waals surface area contributed by atoms with E-state index >= 15 is 0 Å². The molecule has 0 aliphatic carbocycles. The molecular formula is C13H20N2O2. The average Bonchev–Trinajstić information content (AvgIpc) is 2.34. The molecule has 0 unspecified atom stereocenters. The van der Waals surface area contributed by atoms with Crippen molar-refractivity contribution in [1.82, 2.24) is 10.2 Å². The highest BCUT2D eigenvalue weighted by atomic mass is 16.5. The molecule has 0 aromatic heterocycles. The third-order valence-electron chi connectivity index (χ3n) is 2.71. The standard InChI is InChI=1S/C13H20N2O2/c1-10-9-11(17-4)5-6-12(10)13(16)15(3)8-7-14-2/h5-6,9,14H,7-8H2,1-4H3. The van der Waals surface area contributed by atoms with Gasteiger partial charge in [0.15, 0.2) is 0 Å². The van der Waals surface area contributed by atoms with Gasteiger partial charge in [-0.3, -0.25) is 4.79 Å². The van der Waals surface area contributed by atoms with Crippen molar-refractivity contribution < 1.29 is 9.53 Å². The number of nitrogens with one attached hydrogen (secondary N) is 1. The molecule has 0 aliphatic heterocycles. The quantitative estimate of drug-likeness (QED) is 0.837. The third-order valence-corrected chi connectivity index (χ3v) is 2.71. The molecule has 1 aromatic rings. The highest BCUT2D eigenvalue weighted by Crippen LogP contribution is 2.17. The number of aryl methyl sites for hydroxylation is 1. The number of carbonyl (C=O) groups excluding carboxylic acids is 1. The van der Waals surface area contributed by atoms with Crippen LogP contribution >= 0.6 is 0 Å². The van der Waals surface area contributed by atoms with Crippen LogP contribution in [0.2, 0.25) is 0 Å². The molecule has 1 N–H and O–H groups in total. The van der Waals surface area contributed by atoms with Crippen molar-refractivity contribution in [1.29, 1.82) is 0 Å². The summed E-state index contributed by atoms with van der Waals surface area (Å²) in [6, 6.07) is 5.50. The van der Waals surface area contributed by atoms with Gasteiger partial charge in [0, 0.05) is 25.7 Å². The first-order chi connectivity index (χ1) is 8.10. The van der Waals surface area contributed by atoms with Crippen LogP contribution in [0.25, 0.3) is 0 Å². The Kier molecular flexibility index (Phi) is 4.97. The molecule has 0 aliphatic rings. The first kappa shape index (κ1) is 13.5. The molecule has 4 heteroatoms. The van der Waals surface area contributed by atoms with E-state index in [-0.39, 0.29) is 5.91 Å². The topological polar surface area (TPSA) is 41.6 Å². The summed E-state index contributed by atoms with van der Waals surface area (Å²) in [4.78, 5) is 13.8. The van der Waals surface area contributed by atoms with Gasteiger partial charge in [-0.05, 0) is 37.7 Å². The number of amides is 1. The fourth-order valence-electron chi connectivity index (χ4n) is 1.59. The second kappa shape index (κ2) is 6.25. The van der Waals surface area contributed by atoms with E-state index in [1.807, 2.05) is 39.2 Å². The van der Waals surface area contributed by atoms with E-state index in [1.165, 1.54) is 0 Å². The van der Waals surface area contributed by atoms with Crippen molar-refractivity contribution in [3.63, 3.8) is 0 Å². The molecule has 1 amide bonds. The Morgan fingerprint density at radius 3 is 2.71 bits per heavy atom. The van der Waals surface area contributed by atoms with Crippen LogP contribution in [0.3, 0.4) is 0 Å². The molecule has 0 saturated heterocycles. The lowest BCUT2D eigenvalue weighted by atomic mass is 10.1. The molecule has 0 fully saturated rings. The van der Waals surface area contributed by atoms with E-state index in [2.05, 4.69) is 5.32 Å². The minimum absolute atomic E-state index is 0.0420. The van der Waals surface area contributed by atoms with Crippen molar-refractivity contribution in [3.8, 4) is 5.75 Å². The maximum Gasteiger partial charge on any atom is 0.253 e. The molecule has 4 nitrogen and oxygen atoms in total. The van der Waals surface area contributed by atoms with E-state index in [9.17, 15) is 4.79 Å². The fourth-order valence-corrected chi connectivity index (χ4v) is 1.59. The number of methoxy groups -OCH3 is 1. The van der Waals surface area contributed by atoms with Crippen LogP contribution in [0.4, 0.5) is 0 Å². The lowest BCUT2D eigenvalue weighted by molar-refractivity contribution is 0.0796. The first-order valence-electron chi connectivity index (χ1n) is 5.65. The van der Waals surface area contributed by atoms with Gasteiger partial charge in [0.1, 0.15) is 5.75 Å². The number of carbonyl (C=O) groups is 1. The summed E-state index contributed by atoms with van der Waals surface area (Å²) in [5.74, 6) is 0.817. The number of benzene rings is 1. The normalized spacial score (nSPS) is 10.1. The molecular weight excluding hydrogens is 216 g/mol. The van der Waals surface area contributed by atoms with Crippen molar-refractivity contribution >= 4 is 5.91 Å². The molecule has 0 atom stereocenters. The summed E-state index contributed by atoms with van der Waals surface area (Å²) >= 11 is 0. The Balaban J connectivity index is 2.81. The minimum atomic E-state index is 0.0420. The van der Waals surface area contributed by atoms with E-state index in [0.29, 0.717) is 6.54 Å². The molecule has 17 heavy (non-hydrogen) atoms. The molecule has 0 saturated carbocycles. The summed E-state index contributed by atoms with van der Waals surface area (Å²) in [6.45, 7) is 3.40. The smallest absolute Gasteiger partial charge is 0.253 e. The molecule has 0 spiro atoms. The van der Waals surface area contributed by atoms with Gasteiger partial charge in [0.05, 0.1) is 7.11 Å². The van der Waals surface area contributed by atoms with E-state index in [0.717, 1.165) is 23.4 Å². The molecule has 0 radical (unpaired) electrons. The van der Waals surface area contributed by atoms with E-state index < -0.39 is 0 Å². The summed E-state index contributed by atoms with van der Waals surface area (Å²) in [6.07, 6.45) is 0. The van der Waals surface area contributed by atoms with Crippen LogP contribution in [0.15, 0.2) is 18.2 Å². The number of ether oxygens (including phenoxy) is 1. The zero-order valence-corrected chi connectivity index (χ0v) is 10.9. The lowest BCUT2D eigenvalue weighted by Crippen LogP contribution is -2.33. The van der Waals surface area contributed by atoms with Crippen molar-refractivity contribution in [2.45, 2.75) is 6.92 Å². The van der Waals surface area contributed by atoms with E-state index in [4.69, 9.17) is 4.74 Å². The monoisotopic (exact) mass is 236 g/mol. The zero-order valence-electron chi connectivity index (χ0n) is 10.9. The number of hydrogen-bond acceptors (Lipinski definition) is 3. The van der Waals surface area contributed by atoms with Gasteiger partial charge in [-0.2, -0.15) is 0 Å². The van der Waals surface area contributed by atoms with Crippen molar-refractivity contribution in [2.75, 3.05) is 34.3 Å². The third kappa shape index (κ3) is 3.46. The molecule has 0 bridgehead atoms. The number of hydrogen-bond donors (Lipinski definition) is 1. The van der Waals surface area contributed by atoms with Crippen LogP contribution in [0.1, 0.15) is 15.9 Å². The van der Waals surface area contributed by atoms with Crippen molar-refractivity contribution in [2.24, 2.45) is 0 Å². The molecule has 1 aromatic carbocycles. The fraction of sp³-hybridized carbons (Fsp3) is 0.462. The number of nitrogens with zero attached hydrogens (tertiary/aromatic N) is 1.